The van der Waals surface area contributed by atoms with Gasteiger partial charge in [-0.2, -0.15) is 5.10 Å². The molecule has 1 unspecified atom stereocenters. The number of hydrogen-bond donors (Lipinski definition) is 4. The first-order valence-electron chi connectivity index (χ1n) is 9.36. The number of rotatable bonds is 6. The first-order chi connectivity index (χ1) is 14.0. The minimum absolute atomic E-state index is 0.194. The van der Waals surface area contributed by atoms with Crippen molar-refractivity contribution in [3.8, 4) is 0 Å². The Morgan fingerprint density at radius 2 is 2.24 bits per heavy atom. The van der Waals surface area contributed by atoms with E-state index in [0.29, 0.717) is 22.5 Å². The summed E-state index contributed by atoms with van der Waals surface area (Å²) in [5.74, 6) is 1.18. The highest BCUT2D eigenvalue weighted by atomic mass is 32.2. The van der Waals surface area contributed by atoms with E-state index in [0.717, 1.165) is 34.7 Å². The Morgan fingerprint density at radius 3 is 3.00 bits per heavy atom. The van der Waals surface area contributed by atoms with E-state index in [1.807, 2.05) is 31.6 Å². The predicted octanol–water partition coefficient (Wildman–Crippen LogP) is 1.99. The molecule has 2 aromatic heterocycles. The number of anilines is 1. The third kappa shape index (κ3) is 3.56. The predicted molar refractivity (Wildman–Crippen MR) is 112 cm³/mol. The van der Waals surface area contributed by atoms with Crippen LogP contribution < -0.4 is 15.4 Å². The van der Waals surface area contributed by atoms with Crippen LogP contribution in [0.1, 0.15) is 24.0 Å². The highest BCUT2D eigenvalue weighted by molar-refractivity contribution is 7.91. The molecule has 1 atom stereocenters. The number of fused-ring (bicyclic) bond motifs is 1. The Bertz CT molecular complexity index is 1110. The van der Waals surface area contributed by atoms with Crippen molar-refractivity contribution in [3.63, 3.8) is 0 Å². The van der Waals surface area contributed by atoms with Gasteiger partial charge in [0.2, 0.25) is 10.0 Å². The summed E-state index contributed by atoms with van der Waals surface area (Å²) in [6, 6.07) is 1.85. The maximum atomic E-state index is 12.6. The molecule has 1 saturated carbocycles. The minimum Gasteiger partial charge on any atom is -0.363 e. The maximum Gasteiger partial charge on any atom is 0.250 e. The van der Waals surface area contributed by atoms with Gasteiger partial charge in [-0.05, 0) is 37.3 Å². The third-order valence-electron chi connectivity index (χ3n) is 5.05. The smallest absolute Gasteiger partial charge is 0.250 e. The molecule has 0 saturated heterocycles. The summed E-state index contributed by atoms with van der Waals surface area (Å²) in [7, 11) is -3.49. The monoisotopic (exact) mass is 431 g/mol. The summed E-state index contributed by atoms with van der Waals surface area (Å²) in [5, 5.41) is 14.2. The molecular formula is C18H21N7O2S2. The summed E-state index contributed by atoms with van der Waals surface area (Å²) in [6.07, 6.45) is 11.1. The normalized spacial score (nSPS) is 20.9. The van der Waals surface area contributed by atoms with E-state index in [-0.39, 0.29) is 6.17 Å². The molecule has 0 radical (unpaired) electrons. The fourth-order valence-electron chi connectivity index (χ4n) is 3.34. The van der Waals surface area contributed by atoms with Crippen LogP contribution in [0.4, 0.5) is 5.00 Å². The number of aliphatic imine (C=N–C) groups is 1. The zero-order valence-electron chi connectivity index (χ0n) is 15.7. The topological polar surface area (TPSA) is 115 Å². The Hall–Kier alpha value is -2.63. The number of H-pyrrole nitrogens is 1. The van der Waals surface area contributed by atoms with Crippen LogP contribution in [-0.4, -0.2) is 42.1 Å². The van der Waals surface area contributed by atoms with Crippen molar-refractivity contribution in [1.29, 1.82) is 0 Å². The summed E-state index contributed by atoms with van der Waals surface area (Å²) < 4.78 is 28.4. The summed E-state index contributed by atoms with van der Waals surface area (Å²) in [4.78, 5) is 6.51. The van der Waals surface area contributed by atoms with Gasteiger partial charge in [-0.3, -0.25) is 5.10 Å². The van der Waals surface area contributed by atoms with Crippen molar-refractivity contribution in [2.75, 3.05) is 11.9 Å². The van der Waals surface area contributed by atoms with Crippen molar-refractivity contribution in [1.82, 2.24) is 25.1 Å². The zero-order chi connectivity index (χ0) is 20.0. The molecule has 3 aliphatic rings. The SMILES string of the molecule is Cc1cc(NC2=NC=CN3C(c4cn[nH]c4)=CNC23)sc1S(=O)(=O)NCC1CC1. The number of nitrogens with one attached hydrogen (secondary N) is 4. The molecule has 0 amide bonds. The summed E-state index contributed by atoms with van der Waals surface area (Å²) in [6.45, 7) is 2.33. The molecule has 4 N–H and O–H groups in total. The van der Waals surface area contributed by atoms with Gasteiger partial charge in [-0.1, -0.05) is 0 Å². The second kappa shape index (κ2) is 7.01. The fourth-order valence-corrected chi connectivity index (χ4v) is 6.11. The number of nitrogens with zero attached hydrogens (tertiary/aromatic N) is 3. The maximum absolute atomic E-state index is 12.6. The minimum atomic E-state index is -3.49. The van der Waals surface area contributed by atoms with E-state index in [1.165, 1.54) is 11.3 Å². The van der Waals surface area contributed by atoms with E-state index in [9.17, 15) is 8.42 Å². The molecular weight excluding hydrogens is 410 g/mol. The van der Waals surface area contributed by atoms with Crippen LogP contribution in [0.25, 0.3) is 5.70 Å². The van der Waals surface area contributed by atoms with Gasteiger partial charge in [-0.25, -0.2) is 18.1 Å². The van der Waals surface area contributed by atoms with Gasteiger partial charge in [-0.15, -0.1) is 11.3 Å². The number of aromatic amines is 1. The second-order valence-electron chi connectivity index (χ2n) is 7.31. The average molecular weight is 432 g/mol. The molecule has 0 spiro atoms. The van der Waals surface area contributed by atoms with Crippen LogP contribution >= 0.6 is 11.3 Å². The van der Waals surface area contributed by atoms with E-state index >= 15 is 0 Å². The van der Waals surface area contributed by atoms with Crippen LogP contribution in [0, 0.1) is 12.8 Å². The Balaban J connectivity index is 1.32. The quantitative estimate of drug-likeness (QED) is 0.556. The molecule has 9 nitrogen and oxygen atoms in total. The Kier molecular flexibility index (Phi) is 4.45. The van der Waals surface area contributed by atoms with Crippen LogP contribution in [0.15, 0.2) is 46.3 Å². The van der Waals surface area contributed by atoms with Crippen LogP contribution in [0.5, 0.6) is 0 Å². The molecule has 5 rings (SSSR count). The first-order valence-corrected chi connectivity index (χ1v) is 11.7. The number of aromatic nitrogens is 2. The van der Waals surface area contributed by atoms with Gasteiger partial charge in [0.15, 0.2) is 12.0 Å². The molecule has 29 heavy (non-hydrogen) atoms. The van der Waals surface area contributed by atoms with Gasteiger partial charge in [0, 0.05) is 36.9 Å². The first kappa shape index (κ1) is 18.4. The van der Waals surface area contributed by atoms with Crippen LogP contribution in [-0.2, 0) is 10.0 Å². The lowest BCUT2D eigenvalue weighted by Crippen LogP contribution is -2.45. The number of amidine groups is 1. The lowest BCUT2D eigenvalue weighted by atomic mass is 10.2. The van der Waals surface area contributed by atoms with Gasteiger partial charge in [0.1, 0.15) is 4.21 Å². The largest absolute Gasteiger partial charge is 0.363 e. The summed E-state index contributed by atoms with van der Waals surface area (Å²) in [5.41, 5.74) is 2.67. The number of thiophene rings is 1. The van der Waals surface area contributed by atoms with Crippen LogP contribution in [0.3, 0.4) is 0 Å². The molecule has 2 aromatic rings. The lowest BCUT2D eigenvalue weighted by molar-refractivity contribution is 0.462. The van der Waals surface area contributed by atoms with Crippen molar-refractivity contribution >= 4 is 37.9 Å². The molecule has 0 aromatic carbocycles. The third-order valence-corrected chi connectivity index (χ3v) is 8.27. The fraction of sp³-hybridized carbons (Fsp3) is 0.333. The molecule has 2 aliphatic heterocycles. The van der Waals surface area contributed by atoms with Gasteiger partial charge in [0.25, 0.3) is 0 Å². The number of sulfonamides is 1. The Labute approximate surface area is 172 Å². The van der Waals surface area contributed by atoms with E-state index < -0.39 is 10.0 Å². The molecule has 1 aliphatic carbocycles. The number of hydrogen-bond acceptors (Lipinski definition) is 8. The second-order valence-corrected chi connectivity index (χ2v) is 10.3. The lowest BCUT2D eigenvalue weighted by Gasteiger charge is -2.28. The molecule has 11 heteroatoms. The van der Waals surface area contributed by atoms with Crippen molar-refractivity contribution in [2.45, 2.75) is 30.1 Å². The van der Waals surface area contributed by atoms with Crippen LogP contribution in [0.2, 0.25) is 0 Å². The van der Waals surface area contributed by atoms with E-state index in [2.05, 4.69) is 35.4 Å². The summed E-state index contributed by atoms with van der Waals surface area (Å²) >= 11 is 1.22. The number of aryl methyl sites for hydroxylation is 1. The highest BCUT2D eigenvalue weighted by Gasteiger charge is 2.32. The van der Waals surface area contributed by atoms with Gasteiger partial charge < -0.3 is 15.5 Å². The highest BCUT2D eigenvalue weighted by Crippen LogP contribution is 2.33. The Morgan fingerprint density at radius 1 is 1.38 bits per heavy atom. The van der Waals surface area contributed by atoms with Crippen molar-refractivity contribution < 1.29 is 8.42 Å². The van der Waals surface area contributed by atoms with Gasteiger partial charge >= 0.3 is 0 Å². The average Bonchev–Trinajstić information content (AvgIpc) is 3.07. The van der Waals surface area contributed by atoms with E-state index in [1.54, 1.807) is 12.4 Å². The van der Waals surface area contributed by atoms with Gasteiger partial charge in [0.05, 0.1) is 16.9 Å². The zero-order valence-corrected chi connectivity index (χ0v) is 17.3. The molecule has 0 bridgehead atoms. The molecule has 152 valence electrons. The molecule has 1 fully saturated rings. The van der Waals surface area contributed by atoms with Crippen molar-refractivity contribution in [3.05, 3.63) is 48.2 Å². The van der Waals surface area contributed by atoms with Crippen molar-refractivity contribution in [2.24, 2.45) is 10.9 Å². The molecule has 4 heterocycles. The van der Waals surface area contributed by atoms with E-state index in [4.69, 9.17) is 0 Å². The standard InChI is InChI=1S/C18H21N7O2S2/c1-11-6-15(28-18(11)29(26,27)23-7-12-2-3-12)24-16-17-20-10-14(13-8-21-22-9-13)25(17)5-4-19-16/h4-6,8-10,12,17,20,23H,2-3,7H2,1H3,(H,19,24)(H,21,22).